The van der Waals surface area contributed by atoms with Gasteiger partial charge in [-0.3, -0.25) is 4.79 Å². The Morgan fingerprint density at radius 2 is 1.86 bits per heavy atom. The van der Waals surface area contributed by atoms with Gasteiger partial charge in [-0.2, -0.15) is 0 Å². The number of rotatable bonds is 3. The normalized spacial score (nSPS) is 26.3. The van der Waals surface area contributed by atoms with Crippen molar-refractivity contribution in [2.75, 3.05) is 24.6 Å². The first-order valence-corrected chi connectivity index (χ1v) is 9.15. The van der Waals surface area contributed by atoms with Crippen LogP contribution in [0.3, 0.4) is 0 Å². The van der Waals surface area contributed by atoms with Gasteiger partial charge in [0.15, 0.2) is 0 Å². The fourth-order valence-electron chi connectivity index (χ4n) is 2.96. The maximum Gasteiger partial charge on any atom is 0.317 e. The van der Waals surface area contributed by atoms with E-state index in [9.17, 15) is 18.0 Å². The van der Waals surface area contributed by atoms with Crippen molar-refractivity contribution < 1.29 is 23.1 Å². The molecule has 0 aromatic heterocycles. The van der Waals surface area contributed by atoms with Crippen molar-refractivity contribution in [2.24, 2.45) is 5.92 Å². The van der Waals surface area contributed by atoms with E-state index < -0.39 is 15.8 Å². The molecule has 21 heavy (non-hydrogen) atoms. The van der Waals surface area contributed by atoms with Crippen LogP contribution in [0, 0.1) is 5.92 Å². The summed E-state index contributed by atoms with van der Waals surface area (Å²) in [7, 11) is -2.93. The molecule has 2 rings (SSSR count). The van der Waals surface area contributed by atoms with E-state index >= 15 is 0 Å². The van der Waals surface area contributed by atoms with E-state index in [0.29, 0.717) is 25.9 Å². The number of hydrogen-bond donors (Lipinski definition) is 2. The number of sulfone groups is 1. The average molecular weight is 318 g/mol. The molecule has 2 aliphatic rings. The molecule has 7 nitrogen and oxygen atoms in total. The third-order valence-corrected chi connectivity index (χ3v) is 5.87. The van der Waals surface area contributed by atoms with Crippen LogP contribution in [0.2, 0.25) is 0 Å². The number of carboxylic acid groups (broad SMARTS) is 1. The summed E-state index contributed by atoms with van der Waals surface area (Å²) in [5, 5.41) is 11.7. The van der Waals surface area contributed by atoms with Gasteiger partial charge in [-0.25, -0.2) is 13.2 Å². The van der Waals surface area contributed by atoms with Gasteiger partial charge in [-0.15, -0.1) is 0 Å². The first-order chi connectivity index (χ1) is 9.85. The summed E-state index contributed by atoms with van der Waals surface area (Å²) in [6, 6.07) is -0.296. The molecule has 2 heterocycles. The van der Waals surface area contributed by atoms with Crippen LogP contribution in [0.25, 0.3) is 0 Å². The van der Waals surface area contributed by atoms with E-state index in [-0.39, 0.29) is 35.9 Å². The third kappa shape index (κ3) is 4.87. The Hall–Kier alpha value is -1.31. The zero-order valence-electron chi connectivity index (χ0n) is 12.0. The van der Waals surface area contributed by atoms with Crippen LogP contribution in [-0.4, -0.2) is 61.1 Å². The summed E-state index contributed by atoms with van der Waals surface area (Å²) in [5.41, 5.74) is 0. The lowest BCUT2D eigenvalue weighted by Crippen LogP contribution is -2.50. The Morgan fingerprint density at radius 1 is 1.19 bits per heavy atom. The number of carbonyl (C=O) groups excluding carboxylic acids is 1. The number of carbonyl (C=O) groups is 2. The first kappa shape index (κ1) is 16.1. The summed E-state index contributed by atoms with van der Waals surface area (Å²) in [6.45, 7) is 1.09. The maximum absolute atomic E-state index is 12.2. The Labute approximate surface area is 124 Å². The molecule has 0 bridgehead atoms. The van der Waals surface area contributed by atoms with Crippen LogP contribution in [0.5, 0.6) is 0 Å². The number of piperidine rings is 1. The molecular weight excluding hydrogens is 296 g/mol. The van der Waals surface area contributed by atoms with Crippen LogP contribution in [0.4, 0.5) is 4.79 Å². The van der Waals surface area contributed by atoms with Gasteiger partial charge in [0.2, 0.25) is 0 Å². The predicted octanol–water partition coefficient (Wildman–Crippen LogP) is 0.460. The number of hydrogen-bond acceptors (Lipinski definition) is 4. The molecular formula is C13H22N2O5S. The molecule has 2 N–H and O–H groups in total. The first-order valence-electron chi connectivity index (χ1n) is 7.33. The SMILES string of the molecule is O=C(O)CC1CCCN(C(=O)NC2CCS(=O)(=O)CC2)C1. The molecule has 0 radical (unpaired) electrons. The van der Waals surface area contributed by atoms with Crippen LogP contribution < -0.4 is 5.32 Å². The van der Waals surface area contributed by atoms with E-state index in [1.54, 1.807) is 4.90 Å². The molecule has 0 aromatic carbocycles. The Bertz CT molecular complexity index is 491. The lowest BCUT2D eigenvalue weighted by molar-refractivity contribution is -0.138. The predicted molar refractivity (Wildman–Crippen MR) is 76.8 cm³/mol. The van der Waals surface area contributed by atoms with E-state index in [4.69, 9.17) is 5.11 Å². The molecule has 1 unspecified atom stereocenters. The minimum atomic E-state index is -2.93. The van der Waals surface area contributed by atoms with Crippen molar-refractivity contribution >= 4 is 21.8 Å². The van der Waals surface area contributed by atoms with Gasteiger partial charge in [-0.1, -0.05) is 0 Å². The van der Waals surface area contributed by atoms with Gasteiger partial charge < -0.3 is 15.3 Å². The van der Waals surface area contributed by atoms with Gasteiger partial charge in [0.25, 0.3) is 0 Å². The second-order valence-electron chi connectivity index (χ2n) is 5.93. The number of amides is 2. The molecule has 0 saturated carbocycles. The Balaban J connectivity index is 1.81. The minimum Gasteiger partial charge on any atom is -0.481 e. The second kappa shape index (κ2) is 6.64. The fraction of sp³-hybridized carbons (Fsp3) is 0.846. The number of aliphatic carboxylic acids is 1. The zero-order valence-corrected chi connectivity index (χ0v) is 12.8. The molecule has 2 saturated heterocycles. The summed E-state index contributed by atoms with van der Waals surface area (Å²) < 4.78 is 22.7. The van der Waals surface area contributed by atoms with Crippen LogP contribution in [0.1, 0.15) is 32.1 Å². The number of carboxylic acids is 1. The summed E-state index contributed by atoms with van der Waals surface area (Å²) >= 11 is 0. The van der Waals surface area contributed by atoms with Crippen molar-refractivity contribution in [2.45, 2.75) is 38.1 Å². The van der Waals surface area contributed by atoms with Gasteiger partial charge in [-0.05, 0) is 31.6 Å². The second-order valence-corrected chi connectivity index (χ2v) is 8.23. The van der Waals surface area contributed by atoms with Crippen molar-refractivity contribution in [1.29, 1.82) is 0 Å². The van der Waals surface area contributed by atoms with Crippen LogP contribution in [0.15, 0.2) is 0 Å². The summed E-state index contributed by atoms with van der Waals surface area (Å²) in [6.07, 6.45) is 2.65. The molecule has 120 valence electrons. The third-order valence-electron chi connectivity index (χ3n) is 4.15. The molecule has 2 fully saturated rings. The van der Waals surface area contributed by atoms with Crippen molar-refractivity contribution in [3.63, 3.8) is 0 Å². The molecule has 0 aliphatic carbocycles. The molecule has 0 spiro atoms. The van der Waals surface area contributed by atoms with Gasteiger partial charge >= 0.3 is 12.0 Å². The number of urea groups is 1. The monoisotopic (exact) mass is 318 g/mol. The smallest absolute Gasteiger partial charge is 0.317 e. The topological polar surface area (TPSA) is 104 Å². The average Bonchev–Trinajstić information content (AvgIpc) is 2.41. The van der Waals surface area contributed by atoms with Crippen molar-refractivity contribution in [1.82, 2.24) is 10.2 Å². The quantitative estimate of drug-likeness (QED) is 0.787. The lowest BCUT2D eigenvalue weighted by Gasteiger charge is -2.34. The van der Waals surface area contributed by atoms with Crippen LogP contribution >= 0.6 is 0 Å². The highest BCUT2D eigenvalue weighted by Crippen LogP contribution is 2.20. The number of nitrogens with zero attached hydrogens (tertiary/aromatic N) is 1. The fourth-order valence-corrected chi connectivity index (χ4v) is 4.45. The van der Waals surface area contributed by atoms with Crippen LogP contribution in [-0.2, 0) is 14.6 Å². The molecule has 1 atom stereocenters. The van der Waals surface area contributed by atoms with E-state index in [1.807, 2.05) is 0 Å². The molecule has 8 heteroatoms. The van der Waals surface area contributed by atoms with Crippen molar-refractivity contribution in [3.05, 3.63) is 0 Å². The van der Waals surface area contributed by atoms with E-state index in [2.05, 4.69) is 5.32 Å². The molecule has 2 amide bonds. The summed E-state index contributed by atoms with van der Waals surface area (Å²) in [5.74, 6) is -0.576. The minimum absolute atomic E-state index is 0.00809. The van der Waals surface area contributed by atoms with E-state index in [0.717, 1.165) is 12.8 Å². The maximum atomic E-state index is 12.2. The highest BCUT2D eigenvalue weighted by atomic mass is 32.2. The number of nitrogens with one attached hydrogen (secondary N) is 1. The standard InChI is InChI=1S/C13H22N2O5S/c16-12(17)8-10-2-1-5-15(9-10)13(18)14-11-3-6-21(19,20)7-4-11/h10-11H,1-9H2,(H,14,18)(H,16,17). The highest BCUT2D eigenvalue weighted by Gasteiger charge is 2.29. The Kier molecular flexibility index (Phi) is 5.08. The summed E-state index contributed by atoms with van der Waals surface area (Å²) in [4.78, 5) is 24.6. The Morgan fingerprint density at radius 3 is 2.48 bits per heavy atom. The highest BCUT2D eigenvalue weighted by molar-refractivity contribution is 7.91. The van der Waals surface area contributed by atoms with Gasteiger partial charge in [0.05, 0.1) is 11.5 Å². The zero-order chi connectivity index (χ0) is 15.5. The lowest BCUT2D eigenvalue weighted by atomic mass is 9.95. The van der Waals surface area contributed by atoms with E-state index in [1.165, 1.54) is 0 Å². The molecule has 2 aliphatic heterocycles. The number of likely N-dealkylation sites (tertiary alicyclic amines) is 1. The largest absolute Gasteiger partial charge is 0.481 e. The van der Waals surface area contributed by atoms with Crippen molar-refractivity contribution in [3.8, 4) is 0 Å². The molecule has 0 aromatic rings. The van der Waals surface area contributed by atoms with Gasteiger partial charge in [0, 0.05) is 25.6 Å². The van der Waals surface area contributed by atoms with Gasteiger partial charge in [0.1, 0.15) is 9.84 Å².